The summed E-state index contributed by atoms with van der Waals surface area (Å²) in [6, 6.07) is 0. The van der Waals surface area contributed by atoms with Gasteiger partial charge in [0, 0.05) is 29.5 Å². The molecule has 72 valence electrons. The molecule has 2 unspecified atom stereocenters. The smallest absolute Gasteiger partial charge is 0.122 e. The minimum Gasteiger partial charge on any atom is -0.371 e. The van der Waals surface area contributed by atoms with Crippen molar-refractivity contribution in [2.75, 3.05) is 12.5 Å². The standard InChI is InChI=1S/C9H12ClNOS/c1-6-5-13-9(11-6)8-7(4-10)2-3-12-8/h5,7-8H,2-4H2,1H3. The van der Waals surface area contributed by atoms with Crippen LogP contribution in [0.1, 0.15) is 23.2 Å². The van der Waals surface area contributed by atoms with Crippen LogP contribution in [-0.2, 0) is 4.74 Å². The predicted octanol–water partition coefficient (Wildman–Crippen LogP) is 2.77. The molecule has 4 heteroatoms. The van der Waals surface area contributed by atoms with E-state index in [0.29, 0.717) is 11.8 Å². The number of ether oxygens (including phenoxy) is 1. The van der Waals surface area contributed by atoms with Gasteiger partial charge in [-0.05, 0) is 13.3 Å². The fourth-order valence-electron chi connectivity index (χ4n) is 1.57. The van der Waals surface area contributed by atoms with Crippen molar-refractivity contribution in [3.63, 3.8) is 0 Å². The van der Waals surface area contributed by atoms with Crippen LogP contribution in [0.5, 0.6) is 0 Å². The first-order valence-corrected chi connectivity index (χ1v) is 5.82. The fraction of sp³-hybridized carbons (Fsp3) is 0.667. The third-order valence-electron chi connectivity index (χ3n) is 2.29. The molecule has 0 aliphatic carbocycles. The van der Waals surface area contributed by atoms with E-state index in [1.807, 2.05) is 6.92 Å². The molecule has 0 amide bonds. The molecule has 13 heavy (non-hydrogen) atoms. The van der Waals surface area contributed by atoms with Gasteiger partial charge in [0.1, 0.15) is 11.1 Å². The van der Waals surface area contributed by atoms with E-state index in [-0.39, 0.29) is 6.10 Å². The number of hydrogen-bond acceptors (Lipinski definition) is 3. The van der Waals surface area contributed by atoms with Crippen LogP contribution in [-0.4, -0.2) is 17.5 Å². The Balaban J connectivity index is 2.15. The Morgan fingerprint density at radius 2 is 2.62 bits per heavy atom. The van der Waals surface area contributed by atoms with E-state index < -0.39 is 0 Å². The number of rotatable bonds is 2. The van der Waals surface area contributed by atoms with Gasteiger partial charge in [0.2, 0.25) is 0 Å². The summed E-state index contributed by atoms with van der Waals surface area (Å²) in [5.74, 6) is 1.12. The van der Waals surface area contributed by atoms with Gasteiger partial charge in [-0.15, -0.1) is 22.9 Å². The quantitative estimate of drug-likeness (QED) is 0.711. The van der Waals surface area contributed by atoms with Crippen LogP contribution >= 0.6 is 22.9 Å². The highest BCUT2D eigenvalue weighted by Crippen LogP contribution is 2.36. The normalized spacial score (nSPS) is 28.2. The van der Waals surface area contributed by atoms with Crippen molar-refractivity contribution in [1.82, 2.24) is 4.98 Å². The molecule has 1 saturated heterocycles. The van der Waals surface area contributed by atoms with Gasteiger partial charge in [0.15, 0.2) is 0 Å². The third kappa shape index (κ3) is 1.87. The average molecular weight is 218 g/mol. The van der Waals surface area contributed by atoms with Gasteiger partial charge >= 0.3 is 0 Å². The molecule has 1 aliphatic heterocycles. The zero-order chi connectivity index (χ0) is 9.26. The lowest BCUT2D eigenvalue weighted by Gasteiger charge is -2.12. The Labute approximate surface area is 86.9 Å². The molecule has 0 spiro atoms. The maximum Gasteiger partial charge on any atom is 0.122 e. The summed E-state index contributed by atoms with van der Waals surface area (Å²) in [5, 5.41) is 3.14. The van der Waals surface area contributed by atoms with Crippen molar-refractivity contribution < 1.29 is 4.74 Å². The van der Waals surface area contributed by atoms with E-state index in [2.05, 4.69) is 10.4 Å². The highest BCUT2D eigenvalue weighted by atomic mass is 35.5. The molecular formula is C9H12ClNOS. The molecule has 1 aliphatic rings. The number of aromatic nitrogens is 1. The molecule has 1 fully saturated rings. The number of aryl methyl sites for hydroxylation is 1. The second-order valence-corrected chi connectivity index (χ2v) is 4.52. The van der Waals surface area contributed by atoms with Gasteiger partial charge in [-0.3, -0.25) is 0 Å². The fourth-order valence-corrected chi connectivity index (χ4v) is 2.82. The Hall–Kier alpha value is -0.120. The van der Waals surface area contributed by atoms with E-state index in [0.717, 1.165) is 23.7 Å². The van der Waals surface area contributed by atoms with Crippen LogP contribution in [0.25, 0.3) is 0 Å². The lowest BCUT2D eigenvalue weighted by atomic mass is 10.1. The third-order valence-corrected chi connectivity index (χ3v) is 3.71. The number of nitrogens with zero attached hydrogens (tertiary/aromatic N) is 1. The molecule has 2 rings (SSSR count). The van der Waals surface area contributed by atoms with E-state index in [4.69, 9.17) is 16.3 Å². The van der Waals surface area contributed by atoms with Crippen molar-refractivity contribution in [3.8, 4) is 0 Å². The molecule has 0 bridgehead atoms. The Kier molecular flexibility index (Phi) is 2.86. The largest absolute Gasteiger partial charge is 0.371 e. The van der Waals surface area contributed by atoms with Crippen LogP contribution in [0.2, 0.25) is 0 Å². The van der Waals surface area contributed by atoms with E-state index in [1.54, 1.807) is 11.3 Å². The Bertz CT molecular complexity index is 289. The summed E-state index contributed by atoms with van der Waals surface area (Å²) in [6.45, 7) is 2.82. The van der Waals surface area contributed by atoms with Crippen molar-refractivity contribution >= 4 is 22.9 Å². The second-order valence-electron chi connectivity index (χ2n) is 3.32. The van der Waals surface area contributed by atoms with Gasteiger partial charge in [-0.2, -0.15) is 0 Å². The van der Waals surface area contributed by atoms with Gasteiger partial charge < -0.3 is 4.74 Å². The molecule has 2 nitrogen and oxygen atoms in total. The van der Waals surface area contributed by atoms with Gasteiger partial charge in [0.05, 0.1) is 0 Å². The topological polar surface area (TPSA) is 22.1 Å². The Morgan fingerprint density at radius 1 is 1.77 bits per heavy atom. The minimum absolute atomic E-state index is 0.149. The predicted molar refractivity (Wildman–Crippen MR) is 54.4 cm³/mol. The summed E-state index contributed by atoms with van der Waals surface area (Å²) in [7, 11) is 0. The van der Waals surface area contributed by atoms with E-state index in [9.17, 15) is 0 Å². The summed E-state index contributed by atoms with van der Waals surface area (Å²) in [6.07, 6.45) is 1.21. The summed E-state index contributed by atoms with van der Waals surface area (Å²) < 4.78 is 5.62. The van der Waals surface area contributed by atoms with Crippen molar-refractivity contribution in [2.24, 2.45) is 5.92 Å². The zero-order valence-corrected chi connectivity index (χ0v) is 9.07. The zero-order valence-electron chi connectivity index (χ0n) is 7.50. The molecule has 0 aromatic carbocycles. The van der Waals surface area contributed by atoms with Gasteiger partial charge in [-0.25, -0.2) is 4.98 Å². The van der Waals surface area contributed by atoms with E-state index >= 15 is 0 Å². The summed E-state index contributed by atoms with van der Waals surface area (Å²) >= 11 is 7.53. The summed E-state index contributed by atoms with van der Waals surface area (Å²) in [5.41, 5.74) is 1.07. The number of thiazole rings is 1. The molecular weight excluding hydrogens is 206 g/mol. The van der Waals surface area contributed by atoms with E-state index in [1.165, 1.54) is 0 Å². The first-order chi connectivity index (χ1) is 6.31. The molecule has 0 N–H and O–H groups in total. The second kappa shape index (κ2) is 3.95. The lowest BCUT2D eigenvalue weighted by molar-refractivity contribution is 0.0948. The van der Waals surface area contributed by atoms with Gasteiger partial charge in [-0.1, -0.05) is 0 Å². The van der Waals surface area contributed by atoms with Crippen molar-refractivity contribution in [2.45, 2.75) is 19.4 Å². The molecule has 2 heterocycles. The highest BCUT2D eigenvalue weighted by molar-refractivity contribution is 7.09. The molecule has 1 aromatic heterocycles. The lowest BCUT2D eigenvalue weighted by Crippen LogP contribution is -2.08. The summed E-state index contributed by atoms with van der Waals surface area (Å²) in [4.78, 5) is 4.43. The molecule has 2 atom stereocenters. The van der Waals surface area contributed by atoms with Crippen molar-refractivity contribution in [3.05, 3.63) is 16.1 Å². The number of hydrogen-bond donors (Lipinski definition) is 0. The molecule has 1 aromatic rings. The number of alkyl halides is 1. The SMILES string of the molecule is Cc1csc(C2OCCC2CCl)n1. The average Bonchev–Trinajstić information content (AvgIpc) is 2.71. The van der Waals surface area contributed by atoms with Crippen LogP contribution in [0.3, 0.4) is 0 Å². The van der Waals surface area contributed by atoms with Crippen LogP contribution in [0, 0.1) is 12.8 Å². The maximum absolute atomic E-state index is 5.86. The molecule has 0 saturated carbocycles. The van der Waals surface area contributed by atoms with Crippen molar-refractivity contribution in [1.29, 1.82) is 0 Å². The maximum atomic E-state index is 5.86. The monoisotopic (exact) mass is 217 g/mol. The van der Waals surface area contributed by atoms with Crippen LogP contribution < -0.4 is 0 Å². The highest BCUT2D eigenvalue weighted by Gasteiger charge is 2.30. The first kappa shape index (κ1) is 9.44. The van der Waals surface area contributed by atoms with Crippen LogP contribution in [0.15, 0.2) is 5.38 Å². The minimum atomic E-state index is 0.149. The van der Waals surface area contributed by atoms with Crippen LogP contribution in [0.4, 0.5) is 0 Å². The number of halogens is 1. The molecule has 0 radical (unpaired) electrons. The first-order valence-electron chi connectivity index (χ1n) is 4.41. The van der Waals surface area contributed by atoms with Gasteiger partial charge in [0.25, 0.3) is 0 Å². The Morgan fingerprint density at radius 3 is 3.23 bits per heavy atom.